The third kappa shape index (κ3) is 2.80. The Morgan fingerprint density at radius 1 is 1.12 bits per heavy atom. The number of rotatable bonds is 3. The summed E-state index contributed by atoms with van der Waals surface area (Å²) < 4.78 is 5.23. The maximum Gasteiger partial charge on any atom is 0.189 e. The van der Waals surface area contributed by atoms with Crippen LogP contribution in [0.3, 0.4) is 0 Å². The van der Waals surface area contributed by atoms with Crippen molar-refractivity contribution >= 4 is 11.6 Å². The smallest absolute Gasteiger partial charge is 0.189 e. The Bertz CT molecular complexity index is 351. The third-order valence-electron chi connectivity index (χ3n) is 2.67. The van der Waals surface area contributed by atoms with Crippen LogP contribution in [0.5, 0.6) is 11.5 Å². The zero-order valence-electron chi connectivity index (χ0n) is 9.41. The highest BCUT2D eigenvalue weighted by Gasteiger charge is 2.14. The lowest BCUT2D eigenvalue weighted by Crippen LogP contribution is -2.32. The Hall–Kier alpha value is -0.930. The van der Waals surface area contributed by atoms with Gasteiger partial charge in [0.1, 0.15) is 0 Å². The second-order valence-corrected chi connectivity index (χ2v) is 4.31. The molecule has 16 heavy (non-hydrogen) atoms. The van der Waals surface area contributed by atoms with Crippen LogP contribution < -0.4 is 9.57 Å². The van der Waals surface area contributed by atoms with Crippen molar-refractivity contribution in [3.8, 4) is 11.5 Å². The van der Waals surface area contributed by atoms with Crippen LogP contribution in [-0.2, 0) is 0 Å². The molecule has 0 spiro atoms. The summed E-state index contributed by atoms with van der Waals surface area (Å²) in [6.07, 6.45) is 3.67. The first-order valence-corrected chi connectivity index (χ1v) is 5.94. The first-order valence-electron chi connectivity index (χ1n) is 5.56. The number of nitrogens with zero attached hydrogens (tertiary/aromatic N) is 1. The second-order valence-electron chi connectivity index (χ2n) is 3.88. The third-order valence-corrected chi connectivity index (χ3v) is 2.90. The molecule has 0 atom stereocenters. The molecule has 0 aliphatic carbocycles. The van der Waals surface area contributed by atoms with Crippen LogP contribution >= 0.6 is 11.6 Å². The number of halogens is 1. The normalized spacial score (nSPS) is 17.1. The van der Waals surface area contributed by atoms with E-state index in [4.69, 9.17) is 21.2 Å². The first-order chi connectivity index (χ1) is 7.79. The fourth-order valence-corrected chi connectivity index (χ4v) is 1.97. The molecular weight excluding hydrogens is 226 g/mol. The van der Waals surface area contributed by atoms with Gasteiger partial charge < -0.3 is 9.57 Å². The van der Waals surface area contributed by atoms with Crippen LogP contribution in [0.1, 0.15) is 19.3 Å². The largest absolute Gasteiger partial charge is 0.493 e. The number of benzene rings is 1. The van der Waals surface area contributed by atoms with Gasteiger partial charge in [0.15, 0.2) is 11.5 Å². The summed E-state index contributed by atoms with van der Waals surface area (Å²) in [4.78, 5) is 5.78. The van der Waals surface area contributed by atoms with Gasteiger partial charge >= 0.3 is 0 Å². The van der Waals surface area contributed by atoms with E-state index < -0.39 is 0 Å². The summed E-state index contributed by atoms with van der Waals surface area (Å²) >= 11 is 5.89. The van der Waals surface area contributed by atoms with Gasteiger partial charge in [-0.2, -0.15) is 0 Å². The van der Waals surface area contributed by atoms with Crippen molar-refractivity contribution in [1.82, 2.24) is 5.06 Å². The van der Waals surface area contributed by atoms with Crippen LogP contribution in [0.4, 0.5) is 0 Å². The molecule has 1 saturated heterocycles. The van der Waals surface area contributed by atoms with Gasteiger partial charge in [-0.25, -0.2) is 0 Å². The van der Waals surface area contributed by atoms with Gasteiger partial charge in [-0.3, -0.25) is 0 Å². The number of methoxy groups -OCH3 is 1. The van der Waals surface area contributed by atoms with Crippen molar-refractivity contribution in [2.75, 3.05) is 20.2 Å². The molecule has 0 aromatic heterocycles. The quantitative estimate of drug-likeness (QED) is 0.812. The Kier molecular flexibility index (Phi) is 3.91. The average molecular weight is 242 g/mol. The van der Waals surface area contributed by atoms with E-state index in [1.807, 2.05) is 17.2 Å². The minimum absolute atomic E-state index is 0.655. The zero-order valence-corrected chi connectivity index (χ0v) is 10.2. The summed E-state index contributed by atoms with van der Waals surface area (Å²) in [5, 5.41) is 2.64. The number of piperidine rings is 1. The summed E-state index contributed by atoms with van der Waals surface area (Å²) in [5.41, 5.74) is 0. The molecule has 1 aromatic rings. The first kappa shape index (κ1) is 11.6. The highest BCUT2D eigenvalue weighted by molar-refractivity contribution is 6.30. The van der Waals surface area contributed by atoms with E-state index in [9.17, 15) is 0 Å². The van der Waals surface area contributed by atoms with Gasteiger partial charge in [0.05, 0.1) is 7.11 Å². The van der Waals surface area contributed by atoms with E-state index in [1.165, 1.54) is 19.3 Å². The van der Waals surface area contributed by atoms with Crippen LogP contribution in [0.2, 0.25) is 5.02 Å². The van der Waals surface area contributed by atoms with Gasteiger partial charge in [0.25, 0.3) is 0 Å². The molecule has 0 radical (unpaired) electrons. The summed E-state index contributed by atoms with van der Waals surface area (Å²) in [6, 6.07) is 5.42. The molecule has 0 unspecified atom stereocenters. The lowest BCUT2D eigenvalue weighted by molar-refractivity contribution is -0.0735. The molecule has 1 aliphatic rings. The zero-order chi connectivity index (χ0) is 11.4. The molecule has 1 aromatic carbocycles. The van der Waals surface area contributed by atoms with Crippen LogP contribution in [0, 0.1) is 0 Å². The minimum atomic E-state index is 0.655. The van der Waals surface area contributed by atoms with E-state index in [1.54, 1.807) is 13.2 Å². The van der Waals surface area contributed by atoms with E-state index in [0.29, 0.717) is 10.8 Å². The lowest BCUT2D eigenvalue weighted by atomic mass is 10.2. The van der Waals surface area contributed by atoms with Gasteiger partial charge in [-0.1, -0.05) is 18.0 Å². The predicted molar refractivity (Wildman–Crippen MR) is 64.1 cm³/mol. The second kappa shape index (κ2) is 5.41. The summed E-state index contributed by atoms with van der Waals surface area (Å²) in [5.74, 6) is 1.41. The highest BCUT2D eigenvalue weighted by atomic mass is 35.5. The molecule has 0 saturated carbocycles. The molecule has 0 amide bonds. The van der Waals surface area contributed by atoms with Crippen molar-refractivity contribution < 1.29 is 9.57 Å². The molecule has 2 rings (SSSR count). The Morgan fingerprint density at radius 3 is 2.56 bits per heavy atom. The van der Waals surface area contributed by atoms with Crippen LogP contribution in [0.15, 0.2) is 18.2 Å². The van der Waals surface area contributed by atoms with Crippen molar-refractivity contribution in [3.05, 3.63) is 23.2 Å². The topological polar surface area (TPSA) is 21.7 Å². The maximum atomic E-state index is 5.89. The average Bonchev–Trinajstić information content (AvgIpc) is 2.33. The number of hydrogen-bond donors (Lipinski definition) is 0. The molecule has 0 bridgehead atoms. The van der Waals surface area contributed by atoms with Gasteiger partial charge in [0, 0.05) is 24.2 Å². The minimum Gasteiger partial charge on any atom is -0.493 e. The van der Waals surface area contributed by atoms with Gasteiger partial charge in [-0.15, -0.1) is 5.06 Å². The van der Waals surface area contributed by atoms with Crippen molar-refractivity contribution in [1.29, 1.82) is 0 Å². The van der Waals surface area contributed by atoms with Crippen molar-refractivity contribution in [2.45, 2.75) is 19.3 Å². The van der Waals surface area contributed by atoms with E-state index in [2.05, 4.69) is 0 Å². The Labute approximate surface area is 101 Å². The number of hydrogen-bond acceptors (Lipinski definition) is 3. The highest BCUT2D eigenvalue weighted by Crippen LogP contribution is 2.31. The number of hydroxylamine groups is 2. The molecule has 1 fully saturated rings. The Balaban J connectivity index is 2.07. The lowest BCUT2D eigenvalue weighted by Gasteiger charge is -2.26. The molecule has 88 valence electrons. The molecule has 1 aliphatic heterocycles. The van der Waals surface area contributed by atoms with Gasteiger partial charge in [-0.05, 0) is 25.0 Å². The molecule has 3 nitrogen and oxygen atoms in total. The van der Waals surface area contributed by atoms with E-state index >= 15 is 0 Å². The van der Waals surface area contributed by atoms with E-state index in [-0.39, 0.29) is 0 Å². The number of ether oxygens (including phenoxy) is 1. The van der Waals surface area contributed by atoms with Crippen molar-refractivity contribution in [3.63, 3.8) is 0 Å². The van der Waals surface area contributed by atoms with Crippen LogP contribution in [0.25, 0.3) is 0 Å². The van der Waals surface area contributed by atoms with Crippen molar-refractivity contribution in [2.24, 2.45) is 0 Å². The maximum absolute atomic E-state index is 5.89. The molecular formula is C12H16ClNO2. The summed E-state index contributed by atoms with van der Waals surface area (Å²) in [7, 11) is 1.62. The predicted octanol–water partition coefficient (Wildman–Crippen LogP) is 3.13. The monoisotopic (exact) mass is 241 g/mol. The SMILES string of the molecule is COc1cc(Cl)ccc1ON1CCCCC1. The fraction of sp³-hybridized carbons (Fsp3) is 0.500. The van der Waals surface area contributed by atoms with E-state index in [0.717, 1.165) is 18.8 Å². The summed E-state index contributed by atoms with van der Waals surface area (Å²) in [6.45, 7) is 1.96. The van der Waals surface area contributed by atoms with Gasteiger partial charge in [0.2, 0.25) is 0 Å². The molecule has 0 N–H and O–H groups in total. The Morgan fingerprint density at radius 2 is 1.88 bits per heavy atom. The molecule has 1 heterocycles. The van der Waals surface area contributed by atoms with Crippen LogP contribution in [-0.4, -0.2) is 25.3 Å². The fourth-order valence-electron chi connectivity index (χ4n) is 1.81. The standard InChI is InChI=1S/C12H16ClNO2/c1-15-12-9-10(13)5-6-11(12)16-14-7-3-2-4-8-14/h5-6,9H,2-4,7-8H2,1H3. The molecule has 4 heteroatoms.